The average molecular weight is 322 g/mol. The van der Waals surface area contributed by atoms with E-state index < -0.39 is 17.2 Å². The summed E-state index contributed by atoms with van der Waals surface area (Å²) in [5.41, 5.74) is -0.547. The number of alkyl halides is 3. The van der Waals surface area contributed by atoms with E-state index in [0.29, 0.717) is 5.56 Å². The van der Waals surface area contributed by atoms with Crippen molar-refractivity contribution in [3.05, 3.63) is 39.5 Å². The van der Waals surface area contributed by atoms with E-state index in [1.807, 2.05) is 20.8 Å². The van der Waals surface area contributed by atoms with E-state index in [1.54, 1.807) is 0 Å². The van der Waals surface area contributed by atoms with Crippen molar-refractivity contribution in [1.29, 1.82) is 0 Å². The van der Waals surface area contributed by atoms with Crippen molar-refractivity contribution in [1.82, 2.24) is 4.98 Å². The molecule has 20 heavy (non-hydrogen) atoms. The Morgan fingerprint density at radius 3 is 2.10 bits per heavy atom. The quantitative estimate of drug-likeness (QED) is 0.554. The Kier molecular flexibility index (Phi) is 3.68. The summed E-state index contributed by atoms with van der Waals surface area (Å²) < 4.78 is 39.2. The largest absolute Gasteiger partial charge is 0.417 e. The Labute approximate surface area is 124 Å². The molecular formula is C14H12Cl2F3N. The molecule has 2 aromatic rings. The lowest BCUT2D eigenvalue weighted by atomic mass is 9.87. The maximum Gasteiger partial charge on any atom is 0.417 e. The molecule has 1 aromatic carbocycles. The van der Waals surface area contributed by atoms with Crippen molar-refractivity contribution in [2.75, 3.05) is 0 Å². The van der Waals surface area contributed by atoms with Crippen LogP contribution in [0, 0.1) is 0 Å². The Balaban J connectivity index is 2.90. The van der Waals surface area contributed by atoms with Crippen molar-refractivity contribution >= 4 is 34.1 Å². The Morgan fingerprint density at radius 2 is 1.60 bits per heavy atom. The third kappa shape index (κ3) is 2.72. The molecule has 6 heteroatoms. The number of rotatable bonds is 0. The lowest BCUT2D eigenvalue weighted by molar-refractivity contribution is -0.136. The number of halogens is 5. The molecule has 0 bridgehead atoms. The second-order valence-corrected chi connectivity index (χ2v) is 6.33. The molecule has 0 aliphatic rings. The summed E-state index contributed by atoms with van der Waals surface area (Å²) in [6, 6.07) is 3.58. The van der Waals surface area contributed by atoms with Crippen molar-refractivity contribution in [2.45, 2.75) is 32.4 Å². The van der Waals surface area contributed by atoms with Gasteiger partial charge in [0.2, 0.25) is 0 Å². The van der Waals surface area contributed by atoms with Crippen molar-refractivity contribution < 1.29 is 13.2 Å². The molecule has 0 atom stereocenters. The van der Waals surface area contributed by atoms with E-state index in [0.717, 1.165) is 6.07 Å². The standard InChI is InChI=1S/C14H12Cl2F3N/c1-13(2,3)9-6-7-8(14(17,18)19)4-5-10(15)11(7)20-12(9)16/h4-6H,1-3H3. The highest BCUT2D eigenvalue weighted by atomic mass is 35.5. The predicted octanol–water partition coefficient (Wildman–Crippen LogP) is 5.86. The second-order valence-electron chi connectivity index (χ2n) is 5.57. The van der Waals surface area contributed by atoms with Crippen LogP contribution in [0.3, 0.4) is 0 Å². The third-order valence-electron chi connectivity index (χ3n) is 3.00. The number of hydrogen-bond donors (Lipinski definition) is 0. The van der Waals surface area contributed by atoms with E-state index >= 15 is 0 Å². The monoisotopic (exact) mass is 321 g/mol. The zero-order valence-electron chi connectivity index (χ0n) is 11.1. The van der Waals surface area contributed by atoms with Crippen LogP contribution in [0.5, 0.6) is 0 Å². The fourth-order valence-electron chi connectivity index (χ4n) is 1.98. The molecule has 0 N–H and O–H groups in total. The molecule has 1 aromatic heterocycles. The van der Waals surface area contributed by atoms with E-state index in [9.17, 15) is 13.2 Å². The minimum absolute atomic E-state index is 0.0284. The maximum absolute atomic E-state index is 13.1. The summed E-state index contributed by atoms with van der Waals surface area (Å²) >= 11 is 12.0. The zero-order chi connectivity index (χ0) is 15.3. The fraction of sp³-hybridized carbons (Fsp3) is 0.357. The number of nitrogens with zero attached hydrogens (tertiary/aromatic N) is 1. The predicted molar refractivity (Wildman–Crippen MR) is 75.5 cm³/mol. The highest BCUT2D eigenvalue weighted by Crippen LogP contribution is 2.40. The molecule has 0 radical (unpaired) electrons. The first-order chi connectivity index (χ1) is 9.01. The van der Waals surface area contributed by atoms with E-state index in [2.05, 4.69) is 4.98 Å². The highest BCUT2D eigenvalue weighted by Gasteiger charge is 2.34. The summed E-state index contributed by atoms with van der Waals surface area (Å²) in [7, 11) is 0. The van der Waals surface area contributed by atoms with Crippen LogP contribution in [-0.4, -0.2) is 4.98 Å². The van der Waals surface area contributed by atoms with Gasteiger partial charge in [0, 0.05) is 5.39 Å². The first kappa shape index (κ1) is 15.4. The van der Waals surface area contributed by atoms with Crippen LogP contribution in [0.4, 0.5) is 13.2 Å². The Bertz CT molecular complexity index is 673. The average Bonchev–Trinajstić information content (AvgIpc) is 2.26. The smallest absolute Gasteiger partial charge is 0.234 e. The van der Waals surface area contributed by atoms with Gasteiger partial charge in [-0.1, -0.05) is 44.0 Å². The lowest BCUT2D eigenvalue weighted by Crippen LogP contribution is -2.14. The van der Waals surface area contributed by atoms with Gasteiger partial charge in [-0.2, -0.15) is 13.2 Å². The molecule has 0 spiro atoms. The van der Waals surface area contributed by atoms with Crippen LogP contribution in [0.15, 0.2) is 18.2 Å². The van der Waals surface area contributed by atoms with Crippen molar-refractivity contribution in [2.24, 2.45) is 0 Å². The second kappa shape index (κ2) is 4.78. The maximum atomic E-state index is 13.1. The van der Waals surface area contributed by atoms with Gasteiger partial charge in [0.25, 0.3) is 0 Å². The van der Waals surface area contributed by atoms with Gasteiger partial charge in [0.1, 0.15) is 5.15 Å². The van der Waals surface area contributed by atoms with Crippen LogP contribution in [0.2, 0.25) is 10.2 Å². The number of hydrogen-bond acceptors (Lipinski definition) is 1. The molecule has 0 amide bonds. The van der Waals surface area contributed by atoms with Crippen LogP contribution < -0.4 is 0 Å². The fourth-order valence-corrected chi connectivity index (χ4v) is 2.61. The Morgan fingerprint density at radius 1 is 1.00 bits per heavy atom. The summed E-state index contributed by atoms with van der Waals surface area (Å²) in [6.45, 7) is 5.58. The first-order valence-corrected chi connectivity index (χ1v) is 6.64. The van der Waals surface area contributed by atoms with Gasteiger partial charge < -0.3 is 0 Å². The SMILES string of the molecule is CC(C)(C)c1cc2c(C(F)(F)F)ccc(Cl)c2nc1Cl. The minimum Gasteiger partial charge on any atom is -0.234 e. The summed E-state index contributed by atoms with van der Waals surface area (Å²) in [5.74, 6) is 0. The van der Waals surface area contributed by atoms with Crippen LogP contribution >= 0.6 is 23.2 Å². The summed E-state index contributed by atoms with van der Waals surface area (Å²) in [5, 5.41) is 0.293. The summed E-state index contributed by atoms with van der Waals surface area (Å²) in [4.78, 5) is 4.05. The number of pyridine rings is 1. The van der Waals surface area contributed by atoms with Gasteiger partial charge in [-0.25, -0.2) is 4.98 Å². The van der Waals surface area contributed by atoms with Crippen LogP contribution in [-0.2, 0) is 11.6 Å². The molecule has 1 nitrogen and oxygen atoms in total. The molecule has 0 fully saturated rings. The number of benzene rings is 1. The van der Waals surface area contributed by atoms with E-state index in [4.69, 9.17) is 23.2 Å². The normalized spacial score (nSPS) is 13.0. The van der Waals surface area contributed by atoms with Gasteiger partial charge in [-0.15, -0.1) is 0 Å². The molecule has 0 saturated carbocycles. The van der Waals surface area contributed by atoms with Gasteiger partial charge in [-0.05, 0) is 29.2 Å². The topological polar surface area (TPSA) is 12.9 Å². The lowest BCUT2D eigenvalue weighted by Gasteiger charge is -2.21. The van der Waals surface area contributed by atoms with E-state index in [-0.39, 0.29) is 21.1 Å². The molecule has 2 rings (SSSR count). The van der Waals surface area contributed by atoms with Gasteiger partial charge >= 0.3 is 6.18 Å². The molecule has 0 aliphatic carbocycles. The molecule has 0 aliphatic heterocycles. The van der Waals surface area contributed by atoms with Gasteiger partial charge in [0.05, 0.1) is 16.1 Å². The summed E-state index contributed by atoms with van der Waals surface area (Å²) in [6.07, 6.45) is -4.46. The minimum atomic E-state index is -4.46. The first-order valence-electron chi connectivity index (χ1n) is 5.88. The van der Waals surface area contributed by atoms with Gasteiger partial charge in [0.15, 0.2) is 0 Å². The molecule has 0 unspecified atom stereocenters. The zero-order valence-corrected chi connectivity index (χ0v) is 12.6. The Hall–Kier alpha value is -1.00. The molecule has 1 heterocycles. The van der Waals surface area contributed by atoms with Gasteiger partial charge in [-0.3, -0.25) is 0 Å². The van der Waals surface area contributed by atoms with Crippen LogP contribution in [0.25, 0.3) is 10.9 Å². The molecule has 108 valence electrons. The van der Waals surface area contributed by atoms with E-state index in [1.165, 1.54) is 12.1 Å². The number of fused-ring (bicyclic) bond motifs is 1. The third-order valence-corrected chi connectivity index (χ3v) is 3.60. The number of aromatic nitrogens is 1. The molecular weight excluding hydrogens is 310 g/mol. The highest BCUT2D eigenvalue weighted by molar-refractivity contribution is 6.36. The van der Waals surface area contributed by atoms with Crippen molar-refractivity contribution in [3.8, 4) is 0 Å². The van der Waals surface area contributed by atoms with Crippen molar-refractivity contribution in [3.63, 3.8) is 0 Å². The van der Waals surface area contributed by atoms with Crippen LogP contribution in [0.1, 0.15) is 31.9 Å². The molecule has 0 saturated heterocycles.